The Balaban J connectivity index is 1.86. The Hall–Kier alpha value is -2.30. The van der Waals surface area contributed by atoms with Gasteiger partial charge in [-0.15, -0.1) is 0 Å². The lowest BCUT2D eigenvalue weighted by atomic mass is 9.82. The molecule has 21 heavy (non-hydrogen) atoms. The molecular weight excluding hydrogens is 270 g/mol. The normalized spacial score (nSPS) is 22.4. The number of piperidine rings is 1. The molecule has 110 valence electrons. The van der Waals surface area contributed by atoms with E-state index in [0.29, 0.717) is 25.0 Å². The first kappa shape index (κ1) is 13.7. The van der Waals surface area contributed by atoms with E-state index in [0.717, 1.165) is 5.39 Å². The molecule has 1 aromatic carbocycles. The maximum atomic E-state index is 12.5. The number of fused-ring (bicyclic) bond motifs is 1. The summed E-state index contributed by atoms with van der Waals surface area (Å²) >= 11 is 0. The standard InChI is InChI=1S/C16H17NO4/c1-16(15(19)20)7-4-8-17(10-16)14(18)13-9-11-5-2-3-6-12(11)21-13/h2-3,5-6,9H,4,7-8,10H2,1H3,(H,19,20). The van der Waals surface area contributed by atoms with E-state index >= 15 is 0 Å². The summed E-state index contributed by atoms with van der Waals surface area (Å²) in [6.45, 7) is 2.48. The van der Waals surface area contributed by atoms with Gasteiger partial charge in [0.15, 0.2) is 5.76 Å². The van der Waals surface area contributed by atoms with E-state index in [1.807, 2.05) is 24.3 Å². The van der Waals surface area contributed by atoms with Crippen LogP contribution in [-0.4, -0.2) is 35.0 Å². The number of nitrogens with zero attached hydrogens (tertiary/aromatic N) is 1. The lowest BCUT2D eigenvalue weighted by Crippen LogP contribution is -2.48. The number of amides is 1. The van der Waals surface area contributed by atoms with Crippen molar-refractivity contribution in [1.82, 2.24) is 4.90 Å². The molecule has 2 heterocycles. The number of aliphatic carboxylic acids is 1. The largest absolute Gasteiger partial charge is 0.481 e. The van der Waals surface area contributed by atoms with Crippen molar-refractivity contribution in [2.45, 2.75) is 19.8 Å². The number of carbonyl (C=O) groups is 2. The van der Waals surface area contributed by atoms with Crippen molar-refractivity contribution in [3.05, 3.63) is 36.1 Å². The number of hydrogen-bond acceptors (Lipinski definition) is 3. The molecule has 1 atom stereocenters. The quantitative estimate of drug-likeness (QED) is 0.922. The highest BCUT2D eigenvalue weighted by Crippen LogP contribution is 2.31. The van der Waals surface area contributed by atoms with Crippen LogP contribution in [0.3, 0.4) is 0 Å². The van der Waals surface area contributed by atoms with Crippen LogP contribution in [0.2, 0.25) is 0 Å². The van der Waals surface area contributed by atoms with Crippen molar-refractivity contribution in [2.75, 3.05) is 13.1 Å². The molecule has 5 nitrogen and oxygen atoms in total. The fraction of sp³-hybridized carbons (Fsp3) is 0.375. The highest BCUT2D eigenvalue weighted by molar-refractivity contribution is 5.96. The van der Waals surface area contributed by atoms with E-state index in [4.69, 9.17) is 4.42 Å². The molecule has 1 N–H and O–H groups in total. The van der Waals surface area contributed by atoms with Crippen LogP contribution in [0.1, 0.15) is 30.3 Å². The molecular formula is C16H17NO4. The molecule has 0 spiro atoms. The van der Waals surface area contributed by atoms with Gasteiger partial charge in [-0.05, 0) is 31.9 Å². The molecule has 0 saturated carbocycles. The van der Waals surface area contributed by atoms with Crippen LogP contribution in [0.4, 0.5) is 0 Å². The zero-order chi connectivity index (χ0) is 15.0. The van der Waals surface area contributed by atoms with Gasteiger partial charge < -0.3 is 14.4 Å². The predicted molar refractivity (Wildman–Crippen MR) is 77.1 cm³/mol. The van der Waals surface area contributed by atoms with Gasteiger partial charge in [-0.1, -0.05) is 18.2 Å². The number of benzene rings is 1. The van der Waals surface area contributed by atoms with Crippen molar-refractivity contribution < 1.29 is 19.1 Å². The molecule has 2 aromatic rings. The van der Waals surface area contributed by atoms with Crippen LogP contribution in [0.5, 0.6) is 0 Å². The third-order valence-electron chi connectivity index (χ3n) is 4.14. The van der Waals surface area contributed by atoms with E-state index in [2.05, 4.69) is 0 Å². The van der Waals surface area contributed by atoms with Crippen LogP contribution in [0, 0.1) is 5.41 Å². The first-order valence-corrected chi connectivity index (χ1v) is 7.01. The van der Waals surface area contributed by atoms with Gasteiger partial charge in [-0.3, -0.25) is 9.59 Å². The highest BCUT2D eigenvalue weighted by atomic mass is 16.4. The first-order valence-electron chi connectivity index (χ1n) is 7.01. The summed E-state index contributed by atoms with van der Waals surface area (Å²) in [5.41, 5.74) is -0.209. The number of para-hydroxylation sites is 1. The Bertz CT molecular complexity index is 672. The molecule has 1 aliphatic rings. The summed E-state index contributed by atoms with van der Waals surface area (Å²) in [4.78, 5) is 25.5. The van der Waals surface area contributed by atoms with Crippen molar-refractivity contribution >= 4 is 22.8 Å². The van der Waals surface area contributed by atoms with Gasteiger partial charge >= 0.3 is 5.97 Å². The second-order valence-electron chi connectivity index (χ2n) is 5.84. The van der Waals surface area contributed by atoms with Gasteiger partial charge in [0.25, 0.3) is 5.91 Å². The molecule has 3 rings (SSSR count). The number of carbonyl (C=O) groups excluding carboxylic acids is 1. The number of likely N-dealkylation sites (tertiary alicyclic amines) is 1. The summed E-state index contributed by atoms with van der Waals surface area (Å²) in [7, 11) is 0. The van der Waals surface area contributed by atoms with Crippen LogP contribution in [0.15, 0.2) is 34.7 Å². The Morgan fingerprint density at radius 3 is 2.81 bits per heavy atom. The average Bonchev–Trinajstić information content (AvgIpc) is 2.90. The number of furan rings is 1. The molecule has 1 aliphatic heterocycles. The molecule has 0 bridgehead atoms. The first-order chi connectivity index (χ1) is 9.99. The van der Waals surface area contributed by atoms with Crippen LogP contribution in [-0.2, 0) is 4.79 Å². The van der Waals surface area contributed by atoms with E-state index in [-0.39, 0.29) is 18.2 Å². The van der Waals surface area contributed by atoms with Crippen molar-refractivity contribution in [3.63, 3.8) is 0 Å². The van der Waals surface area contributed by atoms with Crippen molar-refractivity contribution in [3.8, 4) is 0 Å². The topological polar surface area (TPSA) is 70.8 Å². The minimum atomic E-state index is -0.875. The van der Waals surface area contributed by atoms with Gasteiger partial charge in [-0.2, -0.15) is 0 Å². The summed E-state index contributed by atoms with van der Waals surface area (Å²) in [5.74, 6) is -0.825. The number of rotatable bonds is 2. The Morgan fingerprint density at radius 1 is 1.33 bits per heavy atom. The van der Waals surface area contributed by atoms with Crippen LogP contribution < -0.4 is 0 Å². The lowest BCUT2D eigenvalue weighted by Gasteiger charge is -2.37. The molecule has 1 amide bonds. The zero-order valence-electron chi connectivity index (χ0n) is 11.8. The zero-order valence-corrected chi connectivity index (χ0v) is 11.8. The fourth-order valence-electron chi connectivity index (χ4n) is 2.83. The lowest BCUT2D eigenvalue weighted by molar-refractivity contribution is -0.150. The van der Waals surface area contributed by atoms with Crippen LogP contribution in [0.25, 0.3) is 11.0 Å². The number of carboxylic acids is 1. The van der Waals surface area contributed by atoms with Crippen molar-refractivity contribution in [1.29, 1.82) is 0 Å². The monoisotopic (exact) mass is 287 g/mol. The third-order valence-corrected chi connectivity index (χ3v) is 4.14. The average molecular weight is 287 g/mol. The van der Waals surface area contributed by atoms with E-state index in [1.165, 1.54) is 0 Å². The molecule has 1 saturated heterocycles. The Morgan fingerprint density at radius 2 is 2.10 bits per heavy atom. The number of carboxylic acid groups (broad SMARTS) is 1. The summed E-state index contributed by atoms with van der Waals surface area (Å²) < 4.78 is 5.57. The Kier molecular flexibility index (Phi) is 3.20. The SMILES string of the molecule is CC1(C(=O)O)CCCN(C(=O)c2cc3ccccc3o2)C1. The maximum Gasteiger partial charge on any atom is 0.311 e. The van der Waals surface area contributed by atoms with Gasteiger partial charge in [0.1, 0.15) is 5.58 Å². The second-order valence-corrected chi connectivity index (χ2v) is 5.84. The molecule has 1 fully saturated rings. The molecule has 0 radical (unpaired) electrons. The number of hydrogen-bond donors (Lipinski definition) is 1. The fourth-order valence-corrected chi connectivity index (χ4v) is 2.83. The van der Waals surface area contributed by atoms with E-state index in [9.17, 15) is 14.7 Å². The summed E-state index contributed by atoms with van der Waals surface area (Å²) in [6.07, 6.45) is 1.28. The van der Waals surface area contributed by atoms with E-state index in [1.54, 1.807) is 17.9 Å². The van der Waals surface area contributed by atoms with Gasteiger partial charge in [-0.25, -0.2) is 0 Å². The van der Waals surface area contributed by atoms with Crippen molar-refractivity contribution in [2.24, 2.45) is 5.41 Å². The molecule has 1 unspecified atom stereocenters. The Labute approximate surface area is 122 Å². The van der Waals surface area contributed by atoms with Gasteiger partial charge in [0, 0.05) is 18.5 Å². The van der Waals surface area contributed by atoms with Gasteiger partial charge in [0.2, 0.25) is 0 Å². The maximum absolute atomic E-state index is 12.5. The molecule has 5 heteroatoms. The second kappa shape index (κ2) is 4.91. The molecule has 0 aliphatic carbocycles. The summed E-state index contributed by atoms with van der Waals surface area (Å²) in [5, 5.41) is 10.2. The summed E-state index contributed by atoms with van der Waals surface area (Å²) in [6, 6.07) is 9.14. The van der Waals surface area contributed by atoms with Crippen LogP contribution >= 0.6 is 0 Å². The van der Waals surface area contributed by atoms with E-state index < -0.39 is 11.4 Å². The minimum absolute atomic E-state index is 0.220. The third kappa shape index (κ3) is 2.39. The minimum Gasteiger partial charge on any atom is -0.481 e. The highest BCUT2D eigenvalue weighted by Gasteiger charge is 2.40. The smallest absolute Gasteiger partial charge is 0.311 e. The molecule has 1 aromatic heterocycles. The predicted octanol–water partition coefficient (Wildman–Crippen LogP) is 2.76. The van der Waals surface area contributed by atoms with Gasteiger partial charge in [0.05, 0.1) is 5.41 Å².